The molecule has 0 saturated heterocycles. The van der Waals surface area contributed by atoms with Crippen LogP contribution in [0.4, 0.5) is 0 Å². The fraction of sp³-hybridized carbons (Fsp3) is 0.381. The first kappa shape index (κ1) is 19.0. The predicted molar refractivity (Wildman–Crippen MR) is 114 cm³/mol. The molecule has 0 saturated carbocycles. The number of thioether (sulfide) groups is 1. The van der Waals surface area contributed by atoms with E-state index < -0.39 is 0 Å². The zero-order valence-electron chi connectivity index (χ0n) is 16.1. The summed E-state index contributed by atoms with van der Waals surface area (Å²) in [5, 5.41) is 10.2. The van der Waals surface area contributed by atoms with Crippen LogP contribution in [0.1, 0.15) is 30.7 Å². The number of aryl methyl sites for hydroxylation is 1. The molecule has 0 N–H and O–H groups in total. The summed E-state index contributed by atoms with van der Waals surface area (Å²) in [6, 6.07) is 9.66. The van der Waals surface area contributed by atoms with Crippen molar-refractivity contribution in [3.63, 3.8) is 0 Å². The molecule has 2 atom stereocenters. The van der Waals surface area contributed by atoms with Crippen LogP contribution >= 0.6 is 23.1 Å². The first-order valence-corrected chi connectivity index (χ1v) is 11.0. The van der Waals surface area contributed by atoms with Crippen molar-refractivity contribution in [2.45, 2.75) is 43.5 Å². The van der Waals surface area contributed by atoms with Crippen LogP contribution < -0.4 is 10.3 Å². The molecule has 28 heavy (non-hydrogen) atoms. The smallest absolute Gasteiger partial charge is 0.267 e. The Morgan fingerprint density at radius 3 is 2.96 bits per heavy atom. The summed E-state index contributed by atoms with van der Waals surface area (Å²) in [6.45, 7) is 4.07. The number of thiophene rings is 1. The zero-order valence-corrected chi connectivity index (χ0v) is 17.7. The summed E-state index contributed by atoms with van der Waals surface area (Å²) in [6.07, 6.45) is 3.01. The minimum atomic E-state index is -0.320. The largest absolute Gasteiger partial charge is 0.495 e. The number of aromatic nitrogens is 2. The van der Waals surface area contributed by atoms with E-state index in [4.69, 9.17) is 9.72 Å². The molecular weight excluding hydrogens is 390 g/mol. The summed E-state index contributed by atoms with van der Waals surface area (Å²) in [5.74, 6) is 1.24. The molecule has 7 heteroatoms. The number of hydrogen-bond acceptors (Lipinski definition) is 6. The molecule has 0 fully saturated rings. The van der Waals surface area contributed by atoms with Gasteiger partial charge in [-0.3, -0.25) is 9.36 Å². The van der Waals surface area contributed by atoms with Gasteiger partial charge in [0.2, 0.25) is 0 Å². The Hall–Kier alpha value is -2.30. The molecule has 0 aliphatic heterocycles. The van der Waals surface area contributed by atoms with Crippen LogP contribution in [0.3, 0.4) is 0 Å². The lowest BCUT2D eigenvalue weighted by molar-refractivity contribution is 0.411. The minimum Gasteiger partial charge on any atom is -0.495 e. The molecule has 144 valence electrons. The summed E-state index contributed by atoms with van der Waals surface area (Å²) in [5.41, 5.74) is 1.74. The van der Waals surface area contributed by atoms with Crippen molar-refractivity contribution in [1.82, 2.24) is 9.55 Å². The van der Waals surface area contributed by atoms with Crippen LogP contribution in [0.25, 0.3) is 15.9 Å². The van der Waals surface area contributed by atoms with Crippen molar-refractivity contribution in [2.75, 3.05) is 7.11 Å². The highest BCUT2D eigenvalue weighted by Gasteiger charge is 2.26. The van der Waals surface area contributed by atoms with Gasteiger partial charge in [0.15, 0.2) is 5.16 Å². The Kier molecular flexibility index (Phi) is 5.17. The number of methoxy groups -OCH3 is 1. The van der Waals surface area contributed by atoms with Crippen molar-refractivity contribution in [3.8, 4) is 17.5 Å². The molecule has 0 radical (unpaired) electrons. The van der Waals surface area contributed by atoms with Crippen LogP contribution in [-0.4, -0.2) is 21.9 Å². The van der Waals surface area contributed by atoms with Crippen LogP contribution in [0.2, 0.25) is 0 Å². The summed E-state index contributed by atoms with van der Waals surface area (Å²) in [7, 11) is 1.59. The Labute approximate surface area is 172 Å². The number of ether oxygens (including phenoxy) is 1. The Morgan fingerprint density at radius 1 is 1.43 bits per heavy atom. The quantitative estimate of drug-likeness (QED) is 0.464. The lowest BCUT2D eigenvalue weighted by atomic mass is 9.89. The predicted octanol–water partition coefficient (Wildman–Crippen LogP) is 4.58. The third-order valence-corrected chi connectivity index (χ3v) is 7.18. The van der Waals surface area contributed by atoms with Crippen molar-refractivity contribution in [3.05, 3.63) is 45.1 Å². The zero-order chi connectivity index (χ0) is 19.8. The van der Waals surface area contributed by atoms with E-state index in [1.165, 1.54) is 16.6 Å². The van der Waals surface area contributed by atoms with Gasteiger partial charge in [0.25, 0.3) is 5.56 Å². The molecule has 0 unspecified atom stereocenters. The summed E-state index contributed by atoms with van der Waals surface area (Å²) < 4.78 is 7.12. The third kappa shape index (κ3) is 3.21. The van der Waals surface area contributed by atoms with E-state index >= 15 is 0 Å². The molecule has 3 aromatic rings. The number of hydrogen-bond donors (Lipinski definition) is 0. The maximum atomic E-state index is 13.7. The van der Waals surface area contributed by atoms with E-state index in [9.17, 15) is 10.1 Å². The SMILES string of the molecule is COc1ccccc1-n1c(S[C@H](C)C#N)nc2sc3c(c2c1=O)CC[C@H](C)C3. The van der Waals surface area contributed by atoms with Crippen LogP contribution in [0.5, 0.6) is 5.75 Å². The van der Waals surface area contributed by atoms with Crippen molar-refractivity contribution in [1.29, 1.82) is 5.26 Å². The number of fused-ring (bicyclic) bond motifs is 3. The first-order chi connectivity index (χ1) is 13.5. The molecule has 1 aliphatic rings. The van der Waals surface area contributed by atoms with E-state index in [0.29, 0.717) is 22.5 Å². The van der Waals surface area contributed by atoms with Crippen molar-refractivity contribution in [2.24, 2.45) is 5.92 Å². The number of benzene rings is 1. The molecule has 4 rings (SSSR count). The van der Waals surface area contributed by atoms with Gasteiger partial charge in [0.05, 0.1) is 29.5 Å². The maximum Gasteiger partial charge on any atom is 0.267 e. The number of para-hydroxylation sites is 2. The topological polar surface area (TPSA) is 67.9 Å². The van der Waals surface area contributed by atoms with Gasteiger partial charge in [-0.05, 0) is 49.8 Å². The number of nitriles is 1. The van der Waals surface area contributed by atoms with Gasteiger partial charge < -0.3 is 4.74 Å². The maximum absolute atomic E-state index is 13.7. The number of nitrogens with zero attached hydrogens (tertiary/aromatic N) is 3. The summed E-state index contributed by atoms with van der Waals surface area (Å²) >= 11 is 2.93. The second-order valence-electron chi connectivity index (χ2n) is 7.13. The molecule has 5 nitrogen and oxygen atoms in total. The molecule has 2 heterocycles. The van der Waals surface area contributed by atoms with E-state index in [1.54, 1.807) is 23.0 Å². The van der Waals surface area contributed by atoms with E-state index in [0.717, 1.165) is 35.0 Å². The highest BCUT2D eigenvalue weighted by Crippen LogP contribution is 2.38. The highest BCUT2D eigenvalue weighted by molar-refractivity contribution is 8.00. The molecule has 0 spiro atoms. The molecule has 1 aliphatic carbocycles. The first-order valence-electron chi connectivity index (χ1n) is 9.30. The third-order valence-electron chi connectivity index (χ3n) is 5.09. The fourth-order valence-corrected chi connectivity index (χ4v) is 5.89. The molecule has 1 aromatic carbocycles. The van der Waals surface area contributed by atoms with Gasteiger partial charge in [0, 0.05) is 4.88 Å². The van der Waals surface area contributed by atoms with Gasteiger partial charge in [0.1, 0.15) is 10.6 Å². The van der Waals surface area contributed by atoms with Gasteiger partial charge >= 0.3 is 0 Å². The number of rotatable bonds is 4. The lowest BCUT2D eigenvalue weighted by Gasteiger charge is -2.18. The van der Waals surface area contributed by atoms with E-state index in [1.807, 2.05) is 31.2 Å². The fourth-order valence-electron chi connectivity index (χ4n) is 3.66. The second kappa shape index (κ2) is 7.61. The van der Waals surface area contributed by atoms with Gasteiger partial charge in [-0.1, -0.05) is 30.8 Å². The average Bonchev–Trinajstić information content (AvgIpc) is 3.05. The van der Waals surface area contributed by atoms with E-state index in [-0.39, 0.29) is 10.8 Å². The van der Waals surface area contributed by atoms with Crippen LogP contribution in [0.15, 0.2) is 34.2 Å². The van der Waals surface area contributed by atoms with E-state index in [2.05, 4.69) is 13.0 Å². The normalized spacial score (nSPS) is 17.1. The Bertz CT molecular complexity index is 1140. The Balaban J connectivity index is 2.03. The highest BCUT2D eigenvalue weighted by atomic mass is 32.2. The standard InChI is InChI=1S/C21H21N3O2S2/c1-12-8-9-14-17(10-12)28-19-18(14)20(25)24(21(23-19)27-13(2)11-22)15-6-4-5-7-16(15)26-3/h4-7,12-13H,8-10H2,1-3H3/t12-,13+/m0/s1. The monoisotopic (exact) mass is 411 g/mol. The van der Waals surface area contributed by atoms with Crippen LogP contribution in [0, 0.1) is 17.2 Å². The average molecular weight is 412 g/mol. The molecule has 2 aromatic heterocycles. The molecular formula is C21H21N3O2S2. The van der Waals surface area contributed by atoms with Gasteiger partial charge in [-0.15, -0.1) is 11.3 Å². The van der Waals surface area contributed by atoms with Gasteiger partial charge in [-0.25, -0.2) is 4.98 Å². The van der Waals surface area contributed by atoms with Crippen molar-refractivity contribution < 1.29 is 4.74 Å². The van der Waals surface area contributed by atoms with Gasteiger partial charge in [-0.2, -0.15) is 5.26 Å². The molecule has 0 bridgehead atoms. The minimum absolute atomic E-state index is 0.0748. The van der Waals surface area contributed by atoms with Crippen LogP contribution in [-0.2, 0) is 12.8 Å². The second-order valence-corrected chi connectivity index (χ2v) is 9.52. The summed E-state index contributed by atoms with van der Waals surface area (Å²) in [4.78, 5) is 20.6. The lowest BCUT2D eigenvalue weighted by Crippen LogP contribution is -2.23. The van der Waals surface area contributed by atoms with Crippen molar-refractivity contribution >= 4 is 33.3 Å². The molecule has 0 amide bonds. The Morgan fingerprint density at radius 2 is 2.21 bits per heavy atom.